The number of ether oxygens (including phenoxy) is 2. The van der Waals surface area contributed by atoms with Crippen molar-refractivity contribution in [1.82, 2.24) is 30.2 Å². The van der Waals surface area contributed by atoms with Crippen LogP contribution in [0.25, 0.3) is 0 Å². The summed E-state index contributed by atoms with van der Waals surface area (Å²) in [6, 6.07) is 9.37. The van der Waals surface area contributed by atoms with Gasteiger partial charge in [-0.05, 0) is 17.2 Å². The number of aromatic nitrogens is 6. The standard InChI is InChI=1S/C27H39N7O3/c1-4-5-6-7-8-9-10-11-12-16-19-34-32-24(31-33-34)22(21-17-14-13-15-18-21)25(35)30-23-26(36-2)28-20-29-27(23)37-3/h13-15,17-18,20,22H,4-12,16,19H2,1-3H3,(H,30,35). The Morgan fingerprint density at radius 3 is 2.08 bits per heavy atom. The number of nitrogens with zero attached hydrogens (tertiary/aromatic N) is 6. The quantitative estimate of drug-likeness (QED) is 0.248. The maximum absolute atomic E-state index is 13.5. The first-order chi connectivity index (χ1) is 18.2. The zero-order chi connectivity index (χ0) is 26.3. The largest absolute Gasteiger partial charge is 0.479 e. The van der Waals surface area contributed by atoms with Crippen molar-refractivity contribution in [3.63, 3.8) is 0 Å². The minimum absolute atomic E-state index is 0.199. The second-order valence-electron chi connectivity index (χ2n) is 9.03. The van der Waals surface area contributed by atoms with E-state index in [1.165, 1.54) is 71.9 Å². The summed E-state index contributed by atoms with van der Waals surface area (Å²) in [4.78, 5) is 23.2. The fourth-order valence-electron chi connectivity index (χ4n) is 4.24. The fourth-order valence-corrected chi connectivity index (χ4v) is 4.24. The molecule has 2 heterocycles. The molecule has 10 nitrogen and oxygen atoms in total. The molecule has 0 saturated heterocycles. The number of carbonyl (C=O) groups excluding carboxylic acids is 1. The highest BCUT2D eigenvalue weighted by molar-refractivity contribution is 5.99. The highest BCUT2D eigenvalue weighted by atomic mass is 16.5. The molecule has 200 valence electrons. The second kappa shape index (κ2) is 15.5. The zero-order valence-electron chi connectivity index (χ0n) is 22.2. The summed E-state index contributed by atoms with van der Waals surface area (Å²) in [5.41, 5.74) is 0.990. The molecule has 0 aliphatic carbocycles. The summed E-state index contributed by atoms with van der Waals surface area (Å²) >= 11 is 0. The van der Waals surface area contributed by atoms with Crippen molar-refractivity contribution in [2.75, 3.05) is 19.5 Å². The summed E-state index contributed by atoms with van der Waals surface area (Å²) in [6.45, 7) is 2.92. The van der Waals surface area contributed by atoms with Gasteiger partial charge in [-0.25, -0.2) is 0 Å². The second-order valence-corrected chi connectivity index (χ2v) is 9.03. The molecule has 1 N–H and O–H groups in total. The molecule has 0 fully saturated rings. The van der Waals surface area contributed by atoms with E-state index in [1.54, 1.807) is 4.80 Å². The molecule has 1 atom stereocenters. The molecule has 2 aromatic heterocycles. The number of amides is 1. The lowest BCUT2D eigenvalue weighted by Crippen LogP contribution is -2.24. The maximum atomic E-state index is 13.5. The Morgan fingerprint density at radius 1 is 0.892 bits per heavy atom. The minimum atomic E-state index is -0.780. The SMILES string of the molecule is CCCCCCCCCCCCn1nnc(C(C(=O)Nc2c(OC)ncnc2OC)c2ccccc2)n1. The Morgan fingerprint density at radius 2 is 1.49 bits per heavy atom. The Hall–Kier alpha value is -3.56. The first-order valence-electron chi connectivity index (χ1n) is 13.2. The number of benzene rings is 1. The van der Waals surface area contributed by atoms with E-state index in [9.17, 15) is 4.79 Å². The molecule has 0 aliphatic heterocycles. The third-order valence-corrected chi connectivity index (χ3v) is 6.25. The normalized spacial score (nSPS) is 11.8. The predicted octanol–water partition coefficient (Wildman–Crippen LogP) is 5.17. The van der Waals surface area contributed by atoms with E-state index in [2.05, 4.69) is 37.6 Å². The van der Waals surface area contributed by atoms with Crippen LogP contribution in [-0.2, 0) is 11.3 Å². The molecule has 1 aromatic carbocycles. The van der Waals surface area contributed by atoms with Crippen LogP contribution in [0.2, 0.25) is 0 Å². The van der Waals surface area contributed by atoms with Gasteiger partial charge in [0.25, 0.3) is 0 Å². The van der Waals surface area contributed by atoms with Crippen molar-refractivity contribution in [2.24, 2.45) is 0 Å². The molecule has 0 spiro atoms. The number of aryl methyl sites for hydroxylation is 1. The van der Waals surface area contributed by atoms with E-state index in [-0.39, 0.29) is 23.4 Å². The summed E-state index contributed by atoms with van der Waals surface area (Å²) in [7, 11) is 2.93. The average Bonchev–Trinajstić information content (AvgIpc) is 3.38. The van der Waals surface area contributed by atoms with Gasteiger partial charge in [0.2, 0.25) is 17.7 Å². The van der Waals surface area contributed by atoms with Crippen LogP contribution in [0.3, 0.4) is 0 Å². The molecule has 0 bridgehead atoms. The van der Waals surface area contributed by atoms with Gasteiger partial charge < -0.3 is 14.8 Å². The van der Waals surface area contributed by atoms with Crippen molar-refractivity contribution >= 4 is 11.6 Å². The van der Waals surface area contributed by atoms with Crippen molar-refractivity contribution in [3.8, 4) is 11.8 Å². The van der Waals surface area contributed by atoms with Crippen LogP contribution in [-0.4, -0.2) is 50.3 Å². The van der Waals surface area contributed by atoms with Gasteiger partial charge >= 0.3 is 0 Å². The number of hydrogen-bond acceptors (Lipinski definition) is 8. The molecule has 3 rings (SSSR count). The van der Waals surface area contributed by atoms with E-state index >= 15 is 0 Å². The molecule has 3 aromatic rings. The van der Waals surface area contributed by atoms with Crippen LogP contribution < -0.4 is 14.8 Å². The molecule has 37 heavy (non-hydrogen) atoms. The topological polar surface area (TPSA) is 117 Å². The van der Waals surface area contributed by atoms with Gasteiger partial charge in [-0.15, -0.1) is 10.2 Å². The van der Waals surface area contributed by atoms with Gasteiger partial charge in [-0.2, -0.15) is 14.8 Å². The summed E-state index contributed by atoms with van der Waals surface area (Å²) in [6.07, 6.45) is 13.9. The Bertz CT molecular complexity index is 1050. The highest BCUT2D eigenvalue weighted by Gasteiger charge is 2.29. The molecular formula is C27H39N7O3. The van der Waals surface area contributed by atoms with Gasteiger partial charge in [-0.1, -0.05) is 95.0 Å². The number of rotatable bonds is 17. The Kier molecular flexibility index (Phi) is 11.8. The number of hydrogen-bond donors (Lipinski definition) is 1. The first kappa shape index (κ1) is 28.0. The molecular weight excluding hydrogens is 470 g/mol. The Balaban J connectivity index is 1.61. The third-order valence-electron chi connectivity index (χ3n) is 6.25. The molecule has 1 unspecified atom stereocenters. The van der Waals surface area contributed by atoms with Crippen LogP contribution >= 0.6 is 0 Å². The lowest BCUT2D eigenvalue weighted by molar-refractivity contribution is -0.116. The monoisotopic (exact) mass is 509 g/mol. The highest BCUT2D eigenvalue weighted by Crippen LogP contribution is 2.32. The van der Waals surface area contributed by atoms with E-state index in [4.69, 9.17) is 9.47 Å². The smallest absolute Gasteiger partial charge is 0.244 e. The average molecular weight is 510 g/mol. The van der Waals surface area contributed by atoms with Gasteiger partial charge in [-0.3, -0.25) is 4.79 Å². The van der Waals surface area contributed by atoms with Crippen molar-refractivity contribution in [1.29, 1.82) is 0 Å². The van der Waals surface area contributed by atoms with Crippen LogP contribution in [0.1, 0.15) is 88.4 Å². The van der Waals surface area contributed by atoms with E-state index in [0.717, 1.165) is 18.4 Å². The van der Waals surface area contributed by atoms with Crippen molar-refractivity contribution in [3.05, 3.63) is 48.0 Å². The number of nitrogens with one attached hydrogen (secondary N) is 1. The number of methoxy groups -OCH3 is 2. The van der Waals surface area contributed by atoms with Gasteiger partial charge in [0.15, 0.2) is 11.5 Å². The first-order valence-corrected chi connectivity index (χ1v) is 13.2. The molecule has 0 saturated carbocycles. The zero-order valence-corrected chi connectivity index (χ0v) is 22.2. The van der Waals surface area contributed by atoms with Crippen LogP contribution in [0.15, 0.2) is 36.7 Å². The van der Waals surface area contributed by atoms with Gasteiger partial charge in [0.1, 0.15) is 12.2 Å². The summed E-state index contributed by atoms with van der Waals surface area (Å²) in [5, 5.41) is 15.8. The van der Waals surface area contributed by atoms with E-state index < -0.39 is 5.92 Å². The molecule has 0 radical (unpaired) electrons. The minimum Gasteiger partial charge on any atom is -0.479 e. The number of tetrazole rings is 1. The summed E-state index contributed by atoms with van der Waals surface area (Å²) in [5.74, 6) is -0.423. The third kappa shape index (κ3) is 8.51. The fraction of sp³-hybridized carbons (Fsp3) is 0.556. The van der Waals surface area contributed by atoms with Crippen molar-refractivity contribution in [2.45, 2.75) is 83.6 Å². The number of carbonyl (C=O) groups is 1. The van der Waals surface area contributed by atoms with Crippen molar-refractivity contribution < 1.29 is 14.3 Å². The van der Waals surface area contributed by atoms with E-state index in [0.29, 0.717) is 12.4 Å². The Labute approximate surface area is 219 Å². The lowest BCUT2D eigenvalue weighted by atomic mass is 9.97. The maximum Gasteiger partial charge on any atom is 0.244 e. The van der Waals surface area contributed by atoms with Crippen LogP contribution in [0, 0.1) is 0 Å². The molecule has 1 amide bonds. The van der Waals surface area contributed by atoms with Crippen LogP contribution in [0.5, 0.6) is 11.8 Å². The number of unbranched alkanes of at least 4 members (excludes halogenated alkanes) is 9. The van der Waals surface area contributed by atoms with Gasteiger partial charge in [0.05, 0.1) is 20.8 Å². The van der Waals surface area contributed by atoms with Crippen LogP contribution in [0.4, 0.5) is 5.69 Å². The van der Waals surface area contributed by atoms with E-state index in [1.807, 2.05) is 30.3 Å². The molecule has 10 heteroatoms. The lowest BCUT2D eigenvalue weighted by Gasteiger charge is -2.16. The predicted molar refractivity (Wildman–Crippen MR) is 142 cm³/mol. The number of anilines is 1. The molecule has 0 aliphatic rings. The van der Waals surface area contributed by atoms with Gasteiger partial charge in [0, 0.05) is 0 Å². The summed E-state index contributed by atoms with van der Waals surface area (Å²) < 4.78 is 10.6.